The molecule has 0 heterocycles. The van der Waals surface area contributed by atoms with Crippen molar-refractivity contribution < 1.29 is 5.11 Å². The van der Waals surface area contributed by atoms with Gasteiger partial charge in [0, 0.05) is 6.04 Å². The van der Waals surface area contributed by atoms with Crippen LogP contribution in [0, 0.1) is 0 Å². The number of hydrogen-bond acceptors (Lipinski definition) is 2. The molecule has 0 bridgehead atoms. The van der Waals surface area contributed by atoms with Crippen LogP contribution in [0.2, 0.25) is 0 Å². The molecule has 11 heavy (non-hydrogen) atoms. The molecule has 1 rings (SSSR count). The SMILES string of the molecule is CC(N)CCCC1(O)CCC1. The highest BCUT2D eigenvalue weighted by Gasteiger charge is 2.33. The van der Waals surface area contributed by atoms with Crippen molar-refractivity contribution in [3.63, 3.8) is 0 Å². The normalized spacial score (nSPS) is 24.3. The van der Waals surface area contributed by atoms with Gasteiger partial charge < -0.3 is 10.8 Å². The molecule has 0 spiro atoms. The van der Waals surface area contributed by atoms with Gasteiger partial charge in [0.2, 0.25) is 0 Å². The molecule has 1 unspecified atom stereocenters. The predicted molar refractivity (Wildman–Crippen MR) is 46.3 cm³/mol. The maximum Gasteiger partial charge on any atom is 0.0647 e. The monoisotopic (exact) mass is 157 g/mol. The molecule has 0 saturated heterocycles. The largest absolute Gasteiger partial charge is 0.390 e. The standard InChI is InChI=1S/C9H19NO/c1-8(10)4-2-5-9(11)6-3-7-9/h8,11H,2-7,10H2,1H3. The molecule has 1 aliphatic carbocycles. The third kappa shape index (κ3) is 2.80. The molecule has 1 saturated carbocycles. The summed E-state index contributed by atoms with van der Waals surface area (Å²) in [5, 5.41) is 9.68. The van der Waals surface area contributed by atoms with E-state index in [2.05, 4.69) is 0 Å². The predicted octanol–water partition coefficient (Wildman–Crippen LogP) is 1.42. The third-order valence-corrected chi connectivity index (χ3v) is 2.59. The molecule has 0 amide bonds. The van der Waals surface area contributed by atoms with Crippen LogP contribution in [-0.4, -0.2) is 16.7 Å². The van der Waals surface area contributed by atoms with E-state index in [1.54, 1.807) is 0 Å². The summed E-state index contributed by atoms with van der Waals surface area (Å²) in [4.78, 5) is 0. The van der Waals surface area contributed by atoms with E-state index in [4.69, 9.17) is 5.73 Å². The Balaban J connectivity index is 2.02. The van der Waals surface area contributed by atoms with Crippen LogP contribution in [0.1, 0.15) is 45.4 Å². The molecular weight excluding hydrogens is 138 g/mol. The van der Waals surface area contributed by atoms with Gasteiger partial charge in [0.15, 0.2) is 0 Å². The molecule has 0 aromatic heterocycles. The molecule has 1 atom stereocenters. The molecule has 0 radical (unpaired) electrons. The maximum atomic E-state index is 9.68. The lowest BCUT2D eigenvalue weighted by atomic mass is 9.77. The summed E-state index contributed by atoms with van der Waals surface area (Å²) in [6.45, 7) is 2.02. The summed E-state index contributed by atoms with van der Waals surface area (Å²) >= 11 is 0. The summed E-state index contributed by atoms with van der Waals surface area (Å²) in [5.74, 6) is 0. The van der Waals surface area contributed by atoms with E-state index in [9.17, 15) is 5.11 Å². The van der Waals surface area contributed by atoms with Crippen LogP contribution in [-0.2, 0) is 0 Å². The zero-order valence-electron chi connectivity index (χ0n) is 7.34. The van der Waals surface area contributed by atoms with Crippen molar-refractivity contribution in [3.05, 3.63) is 0 Å². The third-order valence-electron chi connectivity index (χ3n) is 2.59. The first-order valence-corrected chi connectivity index (χ1v) is 4.60. The van der Waals surface area contributed by atoms with Gasteiger partial charge in [0.1, 0.15) is 0 Å². The van der Waals surface area contributed by atoms with E-state index in [-0.39, 0.29) is 5.60 Å². The lowest BCUT2D eigenvalue weighted by Gasteiger charge is -2.36. The first kappa shape index (κ1) is 9.01. The fourth-order valence-electron chi connectivity index (χ4n) is 1.59. The summed E-state index contributed by atoms with van der Waals surface area (Å²) in [6.07, 6.45) is 6.29. The van der Waals surface area contributed by atoms with Crippen LogP contribution in [0.15, 0.2) is 0 Å². The average Bonchev–Trinajstić information content (AvgIpc) is 1.83. The van der Waals surface area contributed by atoms with Gasteiger partial charge in [-0.1, -0.05) is 0 Å². The van der Waals surface area contributed by atoms with Crippen LogP contribution in [0.5, 0.6) is 0 Å². The topological polar surface area (TPSA) is 46.2 Å². The van der Waals surface area contributed by atoms with Gasteiger partial charge in [-0.2, -0.15) is 0 Å². The quantitative estimate of drug-likeness (QED) is 0.648. The molecule has 1 fully saturated rings. The zero-order chi connectivity index (χ0) is 8.32. The van der Waals surface area contributed by atoms with Crippen molar-refractivity contribution in [2.24, 2.45) is 5.73 Å². The molecule has 2 nitrogen and oxygen atoms in total. The first-order valence-electron chi connectivity index (χ1n) is 4.60. The lowest BCUT2D eigenvalue weighted by Crippen LogP contribution is -2.36. The highest BCUT2D eigenvalue weighted by Crippen LogP contribution is 2.35. The molecule has 0 aliphatic heterocycles. The van der Waals surface area contributed by atoms with E-state index in [0.29, 0.717) is 6.04 Å². The van der Waals surface area contributed by atoms with Crippen molar-refractivity contribution >= 4 is 0 Å². The van der Waals surface area contributed by atoms with E-state index >= 15 is 0 Å². The number of rotatable bonds is 4. The minimum atomic E-state index is -0.297. The molecule has 3 N–H and O–H groups in total. The molecule has 0 aromatic carbocycles. The van der Waals surface area contributed by atoms with Crippen LogP contribution in [0.4, 0.5) is 0 Å². The summed E-state index contributed by atoms with van der Waals surface area (Å²) < 4.78 is 0. The number of hydrogen-bond donors (Lipinski definition) is 2. The Morgan fingerprint density at radius 1 is 1.55 bits per heavy atom. The van der Waals surface area contributed by atoms with E-state index in [1.807, 2.05) is 6.92 Å². The van der Waals surface area contributed by atoms with Crippen LogP contribution in [0.3, 0.4) is 0 Å². The molecular formula is C9H19NO. The number of aliphatic hydroxyl groups is 1. The van der Waals surface area contributed by atoms with E-state index in [0.717, 1.165) is 32.1 Å². The molecule has 2 heteroatoms. The van der Waals surface area contributed by atoms with Gasteiger partial charge in [-0.15, -0.1) is 0 Å². The van der Waals surface area contributed by atoms with Crippen LogP contribution in [0.25, 0.3) is 0 Å². The maximum absolute atomic E-state index is 9.68. The number of nitrogens with two attached hydrogens (primary N) is 1. The van der Waals surface area contributed by atoms with Crippen molar-refractivity contribution in [1.29, 1.82) is 0 Å². The Hall–Kier alpha value is -0.0800. The summed E-state index contributed by atoms with van der Waals surface area (Å²) in [5.41, 5.74) is 5.30. The minimum absolute atomic E-state index is 0.290. The Morgan fingerprint density at radius 2 is 2.18 bits per heavy atom. The Bertz CT molecular complexity index is 119. The van der Waals surface area contributed by atoms with Crippen LogP contribution >= 0.6 is 0 Å². The van der Waals surface area contributed by atoms with Gasteiger partial charge in [0.05, 0.1) is 5.60 Å². The van der Waals surface area contributed by atoms with Gasteiger partial charge in [0.25, 0.3) is 0 Å². The summed E-state index contributed by atoms with van der Waals surface area (Å²) in [6, 6.07) is 0.290. The average molecular weight is 157 g/mol. The zero-order valence-corrected chi connectivity index (χ0v) is 7.34. The fourth-order valence-corrected chi connectivity index (χ4v) is 1.59. The Labute approximate surface area is 68.8 Å². The van der Waals surface area contributed by atoms with Crippen molar-refractivity contribution in [2.75, 3.05) is 0 Å². The van der Waals surface area contributed by atoms with Crippen molar-refractivity contribution in [2.45, 2.75) is 57.1 Å². The first-order chi connectivity index (χ1) is 5.12. The second-order valence-corrected chi connectivity index (χ2v) is 3.95. The summed E-state index contributed by atoms with van der Waals surface area (Å²) in [7, 11) is 0. The van der Waals surface area contributed by atoms with Gasteiger partial charge in [-0.3, -0.25) is 0 Å². The van der Waals surface area contributed by atoms with E-state index in [1.165, 1.54) is 6.42 Å². The van der Waals surface area contributed by atoms with Gasteiger partial charge in [-0.05, 0) is 45.4 Å². The van der Waals surface area contributed by atoms with E-state index < -0.39 is 0 Å². The minimum Gasteiger partial charge on any atom is -0.390 e. The molecule has 66 valence electrons. The second-order valence-electron chi connectivity index (χ2n) is 3.95. The Morgan fingerprint density at radius 3 is 2.55 bits per heavy atom. The van der Waals surface area contributed by atoms with Crippen LogP contribution < -0.4 is 5.73 Å². The molecule has 0 aromatic rings. The second kappa shape index (κ2) is 3.55. The highest BCUT2D eigenvalue weighted by atomic mass is 16.3. The van der Waals surface area contributed by atoms with Gasteiger partial charge >= 0.3 is 0 Å². The van der Waals surface area contributed by atoms with Crippen molar-refractivity contribution in [1.82, 2.24) is 0 Å². The smallest absolute Gasteiger partial charge is 0.0647 e. The lowest BCUT2D eigenvalue weighted by molar-refractivity contribution is -0.0420. The highest BCUT2D eigenvalue weighted by molar-refractivity contribution is 4.87. The fraction of sp³-hybridized carbons (Fsp3) is 1.00. The molecule has 1 aliphatic rings. The van der Waals surface area contributed by atoms with Crippen molar-refractivity contribution in [3.8, 4) is 0 Å². The van der Waals surface area contributed by atoms with Gasteiger partial charge in [-0.25, -0.2) is 0 Å². The Kier molecular flexibility index (Phi) is 2.90.